The van der Waals surface area contributed by atoms with E-state index in [-0.39, 0.29) is 34.4 Å². The minimum Gasteiger partial charge on any atom is -0.413 e. The predicted octanol–water partition coefficient (Wildman–Crippen LogP) is 4.08. The summed E-state index contributed by atoms with van der Waals surface area (Å²) in [6, 6.07) is 0. The minimum absolute atomic E-state index is 0.0265. The van der Waals surface area contributed by atoms with Gasteiger partial charge in [0.2, 0.25) is 14.3 Å². The third-order valence-corrected chi connectivity index (χ3v) is 14.4. The van der Waals surface area contributed by atoms with Crippen LogP contribution in [0.15, 0.2) is 9.59 Å². The van der Waals surface area contributed by atoms with E-state index >= 15 is 0 Å². The number of aromatic amines is 2. The first-order valence-electron chi connectivity index (χ1n) is 12.4. The first kappa shape index (κ1) is 27.8. The van der Waals surface area contributed by atoms with E-state index in [1.807, 2.05) is 0 Å². The molecule has 35 heavy (non-hydrogen) atoms. The smallest absolute Gasteiger partial charge is 0.329 e. The maximum Gasteiger partial charge on any atom is 0.329 e. The second-order valence-corrected chi connectivity index (χ2v) is 22.4. The molecule has 0 bridgehead atoms. The summed E-state index contributed by atoms with van der Waals surface area (Å²) in [6.07, 6.45) is -0.792. The Balaban J connectivity index is 1.98. The Labute approximate surface area is 209 Å². The lowest BCUT2D eigenvalue weighted by atomic mass is 10.2. The van der Waals surface area contributed by atoms with Crippen molar-refractivity contribution in [3.05, 3.63) is 20.8 Å². The molecule has 1 aliphatic heterocycles. The molecule has 0 spiro atoms. The number of nitrogens with zero attached hydrogens (tertiary/aromatic N) is 2. The van der Waals surface area contributed by atoms with Gasteiger partial charge in [0.15, 0.2) is 19.5 Å². The first-order chi connectivity index (χ1) is 16.0. The van der Waals surface area contributed by atoms with Crippen molar-refractivity contribution in [1.29, 1.82) is 0 Å². The highest BCUT2D eigenvalue weighted by molar-refractivity contribution is 6.79. The van der Waals surface area contributed by atoms with E-state index in [0.717, 1.165) is 0 Å². The molecule has 1 saturated heterocycles. The Bertz CT molecular complexity index is 1150. The Morgan fingerprint density at radius 3 is 2.26 bits per heavy atom. The van der Waals surface area contributed by atoms with Crippen LogP contribution in [0.3, 0.4) is 0 Å². The third kappa shape index (κ3) is 5.36. The molecule has 3 heterocycles. The zero-order valence-electron chi connectivity index (χ0n) is 22.8. The maximum atomic E-state index is 12.9. The van der Waals surface area contributed by atoms with Gasteiger partial charge in [-0.2, -0.15) is 4.98 Å². The number of H-pyrrole nitrogens is 2. The summed E-state index contributed by atoms with van der Waals surface area (Å²) in [7, 11) is -4.17. The fourth-order valence-electron chi connectivity index (χ4n) is 6.05. The van der Waals surface area contributed by atoms with Crippen LogP contribution >= 0.6 is 0 Å². The van der Waals surface area contributed by atoms with E-state index in [2.05, 4.69) is 83.1 Å². The van der Waals surface area contributed by atoms with Crippen LogP contribution in [0.25, 0.3) is 11.2 Å². The van der Waals surface area contributed by atoms with Crippen molar-refractivity contribution in [2.24, 2.45) is 0 Å². The topological polar surface area (TPSA) is 137 Å². The maximum absolute atomic E-state index is 12.9. The normalized spacial score (nSPS) is 22.1. The van der Waals surface area contributed by atoms with Crippen LogP contribution in [0.5, 0.6) is 0 Å². The van der Waals surface area contributed by atoms with Gasteiger partial charge in [-0.3, -0.25) is 14.8 Å². The lowest BCUT2D eigenvalue weighted by molar-refractivity contribution is -0.0398. The molecule has 4 N–H and O–H groups in total. The molecule has 198 valence electrons. The van der Waals surface area contributed by atoms with E-state index in [1.54, 1.807) is 0 Å². The molecule has 0 amide bonds. The number of nitrogens with two attached hydrogens (primary N) is 1. The summed E-state index contributed by atoms with van der Waals surface area (Å²) in [4.78, 5) is 34.4. The van der Waals surface area contributed by atoms with E-state index in [1.165, 1.54) is 4.57 Å². The quantitative estimate of drug-likeness (QED) is 0.441. The van der Waals surface area contributed by atoms with Gasteiger partial charge in [-0.05, 0) is 35.8 Å². The molecule has 1 fully saturated rings. The second-order valence-electron chi connectivity index (χ2n) is 12.2. The largest absolute Gasteiger partial charge is 0.413 e. The first-order valence-corrected chi connectivity index (χ1v) is 17.9. The highest BCUT2D eigenvalue weighted by atomic mass is 28.4. The Morgan fingerprint density at radius 2 is 1.74 bits per heavy atom. The highest BCUT2D eigenvalue weighted by Gasteiger charge is 2.53. The average Bonchev–Trinajstić information content (AvgIpc) is 3.19. The molecule has 0 radical (unpaired) electrons. The van der Waals surface area contributed by atoms with E-state index in [4.69, 9.17) is 19.3 Å². The molecule has 3 atom stereocenters. The van der Waals surface area contributed by atoms with Crippen LogP contribution in [-0.2, 0) is 13.6 Å². The fraction of sp³-hybridized carbons (Fsp3) is 0.783. The molecule has 1 aliphatic rings. The fourth-order valence-corrected chi connectivity index (χ4v) is 13.5. The van der Waals surface area contributed by atoms with Gasteiger partial charge in [0, 0.05) is 6.42 Å². The minimum atomic E-state index is -2.24. The average molecular weight is 526 g/mol. The number of nitrogen functional groups attached to an aromatic ring is 1. The van der Waals surface area contributed by atoms with Crippen molar-refractivity contribution < 1.29 is 13.6 Å². The van der Waals surface area contributed by atoms with Gasteiger partial charge in [0.05, 0.1) is 12.7 Å². The number of hydrogen-bond donors (Lipinski definition) is 3. The zero-order chi connectivity index (χ0) is 26.5. The van der Waals surface area contributed by atoms with Gasteiger partial charge in [-0.25, -0.2) is 9.36 Å². The SMILES string of the molecule is CC(C)[Si](OC[C@H]1O[C@@H](n2c(=O)[nH]c3c(=O)[nH]c(N)nc32)CC1O[Si](C)(C)C)(C(C)C)C(C)(C)C. The molecule has 10 nitrogen and oxygen atoms in total. The van der Waals surface area contributed by atoms with Crippen LogP contribution in [-0.4, -0.2) is 55.0 Å². The number of aromatic nitrogens is 4. The molecule has 0 aromatic carbocycles. The zero-order valence-corrected chi connectivity index (χ0v) is 24.8. The Morgan fingerprint density at radius 1 is 1.14 bits per heavy atom. The van der Waals surface area contributed by atoms with E-state index in [9.17, 15) is 9.59 Å². The number of rotatable bonds is 8. The predicted molar refractivity (Wildman–Crippen MR) is 144 cm³/mol. The van der Waals surface area contributed by atoms with Crippen molar-refractivity contribution in [2.75, 3.05) is 12.3 Å². The van der Waals surface area contributed by atoms with Crippen LogP contribution in [0, 0.1) is 0 Å². The molecular weight excluding hydrogens is 482 g/mol. The Kier molecular flexibility index (Phi) is 7.65. The molecule has 3 rings (SSSR count). The number of hydrogen-bond acceptors (Lipinski definition) is 7. The van der Waals surface area contributed by atoms with Crippen LogP contribution in [0.1, 0.15) is 61.1 Å². The number of anilines is 1. The van der Waals surface area contributed by atoms with Crippen molar-refractivity contribution in [3.8, 4) is 0 Å². The van der Waals surface area contributed by atoms with Gasteiger partial charge < -0.3 is 19.3 Å². The summed E-state index contributed by atoms with van der Waals surface area (Å²) in [6.45, 7) is 22.6. The van der Waals surface area contributed by atoms with Crippen LogP contribution in [0.4, 0.5) is 5.95 Å². The molecule has 12 heteroatoms. The van der Waals surface area contributed by atoms with Crippen molar-refractivity contribution in [3.63, 3.8) is 0 Å². The molecule has 0 aliphatic carbocycles. The standard InChI is InChI=1S/C23H43N5O5Si2/c1-13(2)35(14(3)4,23(5,6)7)31-12-16-15(33-34(8,9)10)11-17(32-16)28-19-18(25-22(28)30)20(29)27-21(24)26-19/h13-17H,11-12H2,1-10H3,(H,25,30)(H3,24,26,27,29)/t15?,16-,17-/m1/s1. The number of ether oxygens (including phenoxy) is 1. The third-order valence-electron chi connectivity index (χ3n) is 6.95. The van der Waals surface area contributed by atoms with Crippen LogP contribution in [0.2, 0.25) is 35.8 Å². The van der Waals surface area contributed by atoms with E-state index < -0.39 is 34.1 Å². The monoisotopic (exact) mass is 525 g/mol. The molecule has 1 unspecified atom stereocenters. The van der Waals surface area contributed by atoms with Gasteiger partial charge in [0.1, 0.15) is 12.3 Å². The molecule has 2 aromatic rings. The summed E-state index contributed by atoms with van der Waals surface area (Å²) in [5.74, 6) is -0.0575. The Hall–Kier alpha value is -1.74. The van der Waals surface area contributed by atoms with Gasteiger partial charge >= 0.3 is 5.69 Å². The van der Waals surface area contributed by atoms with Crippen molar-refractivity contribution >= 4 is 33.7 Å². The number of imidazole rings is 1. The van der Waals surface area contributed by atoms with Crippen LogP contribution < -0.4 is 17.0 Å². The lowest BCUT2D eigenvalue weighted by Gasteiger charge is -2.49. The van der Waals surface area contributed by atoms with Gasteiger partial charge in [-0.1, -0.05) is 48.5 Å². The number of nitrogens with one attached hydrogen (secondary N) is 2. The van der Waals surface area contributed by atoms with E-state index in [0.29, 0.717) is 24.1 Å². The summed E-state index contributed by atoms with van der Waals surface area (Å²) >= 11 is 0. The van der Waals surface area contributed by atoms with Crippen molar-refractivity contribution in [2.45, 2.75) is 109 Å². The summed E-state index contributed by atoms with van der Waals surface area (Å²) in [5, 5.41) is 0.0265. The summed E-state index contributed by atoms with van der Waals surface area (Å²) in [5.41, 5.74) is 5.87. The highest BCUT2D eigenvalue weighted by Crippen LogP contribution is 2.51. The number of fused-ring (bicyclic) bond motifs is 1. The molecule has 0 saturated carbocycles. The van der Waals surface area contributed by atoms with Gasteiger partial charge in [-0.15, -0.1) is 0 Å². The second kappa shape index (κ2) is 9.62. The molecular formula is C23H43N5O5Si2. The van der Waals surface area contributed by atoms with Gasteiger partial charge in [0.25, 0.3) is 5.56 Å². The molecule has 2 aromatic heterocycles. The lowest BCUT2D eigenvalue weighted by Crippen LogP contribution is -2.54. The van der Waals surface area contributed by atoms with Crippen molar-refractivity contribution in [1.82, 2.24) is 19.5 Å². The summed E-state index contributed by atoms with van der Waals surface area (Å²) < 4.78 is 21.3.